The van der Waals surface area contributed by atoms with E-state index in [9.17, 15) is 27.6 Å². The smallest absolute Gasteiger partial charge is 0.276 e. The molecule has 1 aromatic heterocycles. The maximum atomic E-state index is 14.0. The van der Waals surface area contributed by atoms with Crippen molar-refractivity contribution in [3.05, 3.63) is 83.2 Å². The molecule has 36 heavy (non-hydrogen) atoms. The number of carbonyl (C=O) groups is 3. The van der Waals surface area contributed by atoms with Crippen molar-refractivity contribution in [2.75, 3.05) is 5.32 Å². The van der Waals surface area contributed by atoms with Gasteiger partial charge in [-0.2, -0.15) is 0 Å². The van der Waals surface area contributed by atoms with Crippen LogP contribution >= 0.6 is 0 Å². The lowest BCUT2D eigenvalue weighted by Crippen LogP contribution is -2.64. The third-order valence-electron chi connectivity index (χ3n) is 6.43. The van der Waals surface area contributed by atoms with Gasteiger partial charge in [-0.25, -0.2) is 18.2 Å². The Morgan fingerprint density at radius 1 is 1.08 bits per heavy atom. The number of hydrogen-bond donors (Lipinski definition) is 2. The normalized spacial score (nSPS) is 19.1. The zero-order valence-corrected chi connectivity index (χ0v) is 19.2. The van der Waals surface area contributed by atoms with Gasteiger partial charge in [-0.05, 0) is 49.6 Å². The number of anilines is 1. The summed E-state index contributed by atoms with van der Waals surface area (Å²) in [4.78, 5) is 45.4. The summed E-state index contributed by atoms with van der Waals surface area (Å²) in [5.41, 5.74) is -1.23. The first-order valence-corrected chi connectivity index (χ1v) is 11.4. The largest absolute Gasteiger partial charge is 0.350 e. The summed E-state index contributed by atoms with van der Waals surface area (Å²) in [6, 6.07) is 8.15. The molecule has 1 aliphatic heterocycles. The molecule has 0 bridgehead atoms. The van der Waals surface area contributed by atoms with Crippen LogP contribution < -0.4 is 10.6 Å². The van der Waals surface area contributed by atoms with Crippen molar-refractivity contribution >= 4 is 23.4 Å². The summed E-state index contributed by atoms with van der Waals surface area (Å²) in [5.74, 6) is -3.79. The molecule has 1 saturated carbocycles. The number of amides is 3. The number of nitrogens with zero attached hydrogens (tertiary/aromatic N) is 3. The topological polar surface area (TPSA) is 96.3 Å². The van der Waals surface area contributed by atoms with Gasteiger partial charge in [-0.15, -0.1) is 0 Å². The maximum Gasteiger partial charge on any atom is 0.276 e. The molecule has 1 aliphatic carbocycles. The second-order valence-electron chi connectivity index (χ2n) is 9.14. The molecule has 2 aliphatic rings. The zero-order valence-electron chi connectivity index (χ0n) is 19.2. The third-order valence-corrected chi connectivity index (χ3v) is 6.43. The molecule has 3 amide bonds. The van der Waals surface area contributed by atoms with Gasteiger partial charge in [0.25, 0.3) is 11.8 Å². The fourth-order valence-corrected chi connectivity index (χ4v) is 4.47. The van der Waals surface area contributed by atoms with Gasteiger partial charge in [0.15, 0.2) is 5.69 Å². The van der Waals surface area contributed by atoms with Crippen molar-refractivity contribution < 1.29 is 27.6 Å². The lowest BCUT2D eigenvalue weighted by atomic mass is 9.93. The number of imidazole rings is 1. The second-order valence-corrected chi connectivity index (χ2v) is 9.14. The predicted octanol–water partition coefficient (Wildman–Crippen LogP) is 3.25. The molecule has 3 aromatic rings. The minimum absolute atomic E-state index is 0.0278. The van der Waals surface area contributed by atoms with Gasteiger partial charge in [-0.1, -0.05) is 12.1 Å². The Labute approximate surface area is 204 Å². The molecule has 0 radical (unpaired) electrons. The fourth-order valence-electron chi connectivity index (χ4n) is 4.47. The first-order chi connectivity index (χ1) is 17.2. The average Bonchev–Trinajstić information content (AvgIpc) is 3.58. The number of rotatable bonds is 6. The van der Waals surface area contributed by atoms with Gasteiger partial charge in [-0.3, -0.25) is 14.4 Å². The fraction of sp³-hybridized carbons (Fsp3) is 0.280. The molecule has 8 nitrogen and oxygen atoms in total. The van der Waals surface area contributed by atoms with Crippen LogP contribution in [0.15, 0.2) is 48.8 Å². The minimum atomic E-state index is -1.27. The Hall–Kier alpha value is -4.15. The van der Waals surface area contributed by atoms with E-state index in [4.69, 9.17) is 0 Å². The number of nitrogens with one attached hydrogen (secondary N) is 2. The van der Waals surface area contributed by atoms with Crippen LogP contribution in [0, 0.1) is 17.5 Å². The van der Waals surface area contributed by atoms with E-state index < -0.39 is 34.9 Å². The predicted molar refractivity (Wildman–Crippen MR) is 122 cm³/mol. The van der Waals surface area contributed by atoms with Crippen LogP contribution in [0.25, 0.3) is 0 Å². The molecule has 2 N–H and O–H groups in total. The van der Waals surface area contributed by atoms with Crippen LogP contribution in [-0.2, 0) is 17.9 Å². The van der Waals surface area contributed by atoms with Gasteiger partial charge >= 0.3 is 0 Å². The van der Waals surface area contributed by atoms with Crippen LogP contribution in [0.4, 0.5) is 18.9 Å². The van der Waals surface area contributed by atoms with E-state index in [2.05, 4.69) is 15.6 Å². The van der Waals surface area contributed by atoms with E-state index in [0.717, 1.165) is 18.2 Å². The average molecular weight is 497 g/mol. The van der Waals surface area contributed by atoms with Crippen LogP contribution in [-0.4, -0.2) is 43.8 Å². The van der Waals surface area contributed by atoms with Crippen molar-refractivity contribution in [3.63, 3.8) is 0 Å². The molecule has 0 saturated heterocycles. The number of benzene rings is 2. The SMILES string of the molecule is C[C@]1(C(=O)NCc2ccc(F)cc2)Cn2cnc(C(=O)Nc3cc(F)ccc3F)c2C(=O)N1C1CC1. The summed E-state index contributed by atoms with van der Waals surface area (Å²) in [7, 11) is 0. The Kier molecular flexibility index (Phi) is 5.77. The van der Waals surface area contributed by atoms with Gasteiger partial charge in [0, 0.05) is 18.7 Å². The number of carbonyl (C=O) groups excluding carboxylic acids is 3. The molecule has 186 valence electrons. The Morgan fingerprint density at radius 3 is 2.47 bits per heavy atom. The van der Waals surface area contributed by atoms with Gasteiger partial charge < -0.3 is 20.1 Å². The number of aromatic nitrogens is 2. The van der Waals surface area contributed by atoms with Crippen molar-refractivity contribution in [3.8, 4) is 0 Å². The van der Waals surface area contributed by atoms with Crippen LogP contribution in [0.3, 0.4) is 0 Å². The molecule has 0 unspecified atom stereocenters. The van der Waals surface area contributed by atoms with Crippen LogP contribution in [0.2, 0.25) is 0 Å². The van der Waals surface area contributed by atoms with E-state index in [0.29, 0.717) is 18.4 Å². The van der Waals surface area contributed by atoms with E-state index in [-0.39, 0.29) is 42.0 Å². The first kappa shape index (κ1) is 23.6. The standard InChI is InChI=1S/C25H22F3N5O3/c1-25(24(36)29-11-14-2-4-15(26)5-3-14)12-32-13-30-20(21(32)23(35)33(25)17-7-8-17)22(34)31-19-10-16(27)6-9-18(19)28/h2-6,9-10,13,17H,7-8,11-12H2,1H3,(H,29,36)(H,31,34)/t25-/m1/s1. The van der Waals surface area contributed by atoms with Crippen molar-refractivity contribution in [1.82, 2.24) is 19.8 Å². The molecule has 11 heteroatoms. The first-order valence-electron chi connectivity index (χ1n) is 11.4. The number of halogens is 3. The quantitative estimate of drug-likeness (QED) is 0.547. The van der Waals surface area contributed by atoms with E-state index in [1.165, 1.54) is 27.9 Å². The molecule has 1 fully saturated rings. The monoisotopic (exact) mass is 497 g/mol. The van der Waals surface area contributed by atoms with Gasteiger partial charge in [0.05, 0.1) is 18.6 Å². The zero-order chi connectivity index (χ0) is 25.6. The lowest BCUT2D eigenvalue weighted by molar-refractivity contribution is -0.133. The highest BCUT2D eigenvalue weighted by atomic mass is 19.1. The summed E-state index contributed by atoms with van der Waals surface area (Å²) in [6.45, 7) is 1.83. The summed E-state index contributed by atoms with van der Waals surface area (Å²) in [5, 5.41) is 5.08. The van der Waals surface area contributed by atoms with Gasteiger partial charge in [0.1, 0.15) is 28.7 Å². The highest BCUT2D eigenvalue weighted by molar-refractivity contribution is 6.11. The van der Waals surface area contributed by atoms with Crippen molar-refractivity contribution in [1.29, 1.82) is 0 Å². The van der Waals surface area contributed by atoms with Crippen LogP contribution in [0.5, 0.6) is 0 Å². The van der Waals surface area contributed by atoms with E-state index in [1.54, 1.807) is 19.1 Å². The number of fused-ring (bicyclic) bond motifs is 1. The Balaban J connectivity index is 1.41. The maximum absolute atomic E-state index is 14.0. The van der Waals surface area contributed by atoms with Gasteiger partial charge in [0.2, 0.25) is 5.91 Å². The Bertz CT molecular complexity index is 1370. The van der Waals surface area contributed by atoms with E-state index >= 15 is 0 Å². The van der Waals surface area contributed by atoms with Crippen LogP contribution in [0.1, 0.15) is 46.3 Å². The Morgan fingerprint density at radius 2 is 1.78 bits per heavy atom. The van der Waals surface area contributed by atoms with Crippen molar-refractivity contribution in [2.45, 2.75) is 44.4 Å². The molecule has 2 heterocycles. The highest BCUT2D eigenvalue weighted by Gasteiger charge is 2.53. The summed E-state index contributed by atoms with van der Waals surface area (Å²) < 4.78 is 42.2. The highest BCUT2D eigenvalue weighted by Crippen LogP contribution is 2.39. The molecular weight excluding hydrogens is 475 g/mol. The molecule has 5 rings (SSSR count). The molecule has 0 spiro atoms. The van der Waals surface area contributed by atoms with E-state index in [1.807, 2.05) is 0 Å². The number of hydrogen-bond acceptors (Lipinski definition) is 4. The summed E-state index contributed by atoms with van der Waals surface area (Å²) in [6.07, 6.45) is 2.69. The third kappa shape index (κ3) is 4.21. The lowest BCUT2D eigenvalue weighted by Gasteiger charge is -2.44. The molecule has 1 atom stereocenters. The molecular formula is C25H22F3N5O3. The summed E-state index contributed by atoms with van der Waals surface area (Å²) >= 11 is 0. The second kappa shape index (κ2) is 8.81. The minimum Gasteiger partial charge on any atom is -0.350 e. The molecule has 2 aromatic carbocycles. The van der Waals surface area contributed by atoms with Crippen molar-refractivity contribution in [2.24, 2.45) is 0 Å².